The van der Waals surface area contributed by atoms with Gasteiger partial charge in [-0.25, -0.2) is 4.79 Å². The Morgan fingerprint density at radius 3 is 2.61 bits per heavy atom. The molecule has 0 fully saturated rings. The van der Waals surface area contributed by atoms with Crippen LogP contribution >= 0.6 is 11.3 Å². The Labute approximate surface area is 161 Å². The van der Waals surface area contributed by atoms with Crippen molar-refractivity contribution in [1.29, 1.82) is 0 Å². The summed E-state index contributed by atoms with van der Waals surface area (Å²) in [7, 11) is 0. The Hall–Kier alpha value is -2.88. The lowest BCUT2D eigenvalue weighted by Gasteiger charge is -2.31. The number of anilines is 2. The number of halogens is 3. The summed E-state index contributed by atoms with van der Waals surface area (Å²) < 4.78 is 45.7. The molecule has 148 valence electrons. The molecule has 1 atom stereocenters. The molecule has 0 bridgehead atoms. The second-order valence-electron chi connectivity index (χ2n) is 6.08. The van der Waals surface area contributed by atoms with E-state index in [-0.39, 0.29) is 16.3 Å². The number of benzene rings is 1. The lowest BCUT2D eigenvalue weighted by Crippen LogP contribution is -2.51. The Bertz CT molecular complexity index is 926. The number of aryl methyl sites for hydroxylation is 1. The lowest BCUT2D eigenvalue weighted by molar-refractivity contribution is -0.158. The number of carbonyl (C=O) groups is 3. The quantitative estimate of drug-likeness (QED) is 0.783. The van der Waals surface area contributed by atoms with Gasteiger partial charge in [0.15, 0.2) is 6.61 Å². The minimum absolute atomic E-state index is 0.0767. The Kier molecular flexibility index (Phi) is 5.41. The zero-order chi connectivity index (χ0) is 20.5. The number of thiophene rings is 1. The number of fused-ring (bicyclic) bond motifs is 1. The van der Waals surface area contributed by atoms with E-state index >= 15 is 0 Å². The molecular formula is C18H15F3N2O4S. The first-order valence-electron chi connectivity index (χ1n) is 8.18. The van der Waals surface area contributed by atoms with Crippen LogP contribution in [-0.2, 0) is 14.3 Å². The van der Waals surface area contributed by atoms with Crippen LogP contribution in [0.3, 0.4) is 0 Å². The maximum Gasteiger partial charge on any atom is 0.409 e. The summed E-state index contributed by atoms with van der Waals surface area (Å²) in [5.74, 6) is -2.74. The number of hydrogen-bond donors (Lipinski definition) is 1. The summed E-state index contributed by atoms with van der Waals surface area (Å²) in [6, 6.07) is 6.49. The van der Waals surface area contributed by atoms with Crippen molar-refractivity contribution in [3.63, 3.8) is 0 Å². The van der Waals surface area contributed by atoms with E-state index in [0.29, 0.717) is 4.90 Å². The molecule has 0 aliphatic carbocycles. The highest BCUT2D eigenvalue weighted by Crippen LogP contribution is 2.37. The summed E-state index contributed by atoms with van der Waals surface area (Å²) >= 11 is 1.15. The SMILES string of the molecule is Cc1ccc(C(=O)OCC(=O)N2c3ccccc3NC(=O)CC2C(F)(F)F)s1. The molecule has 1 aliphatic rings. The molecule has 0 radical (unpaired) electrons. The molecule has 1 N–H and O–H groups in total. The number of esters is 1. The van der Waals surface area contributed by atoms with Crippen LogP contribution in [-0.4, -0.2) is 36.6 Å². The van der Waals surface area contributed by atoms with Gasteiger partial charge in [0.2, 0.25) is 5.91 Å². The van der Waals surface area contributed by atoms with Crippen LogP contribution in [0.5, 0.6) is 0 Å². The molecule has 1 aromatic heterocycles. The van der Waals surface area contributed by atoms with Crippen molar-refractivity contribution in [2.75, 3.05) is 16.8 Å². The molecule has 1 aliphatic heterocycles. The van der Waals surface area contributed by atoms with Gasteiger partial charge in [0.05, 0.1) is 17.8 Å². The van der Waals surface area contributed by atoms with E-state index in [2.05, 4.69) is 5.32 Å². The fraction of sp³-hybridized carbons (Fsp3) is 0.278. The van der Waals surface area contributed by atoms with Crippen LogP contribution in [0.15, 0.2) is 36.4 Å². The monoisotopic (exact) mass is 412 g/mol. The molecule has 2 aromatic rings. The van der Waals surface area contributed by atoms with Gasteiger partial charge in [-0.2, -0.15) is 13.2 Å². The number of nitrogens with zero attached hydrogens (tertiary/aromatic N) is 1. The maximum absolute atomic E-state index is 13.6. The molecular weight excluding hydrogens is 397 g/mol. The van der Waals surface area contributed by atoms with Gasteiger partial charge in [0, 0.05) is 4.88 Å². The van der Waals surface area contributed by atoms with E-state index < -0.39 is 43.0 Å². The van der Waals surface area contributed by atoms with Gasteiger partial charge in [-0.05, 0) is 31.2 Å². The first-order valence-corrected chi connectivity index (χ1v) is 8.99. The molecule has 1 unspecified atom stereocenters. The molecule has 2 heterocycles. The van der Waals surface area contributed by atoms with Crippen molar-refractivity contribution in [1.82, 2.24) is 0 Å². The zero-order valence-corrected chi connectivity index (χ0v) is 15.4. The number of alkyl halides is 3. The van der Waals surface area contributed by atoms with Crippen molar-refractivity contribution in [3.05, 3.63) is 46.2 Å². The molecule has 1 aromatic carbocycles. The molecule has 2 amide bonds. The predicted octanol–water partition coefficient (Wildman–Crippen LogP) is 3.52. The van der Waals surface area contributed by atoms with Gasteiger partial charge in [0.25, 0.3) is 5.91 Å². The number of para-hydroxylation sites is 2. The molecule has 3 rings (SSSR count). The van der Waals surface area contributed by atoms with Gasteiger partial charge in [-0.15, -0.1) is 11.3 Å². The summed E-state index contributed by atoms with van der Waals surface area (Å²) in [6.07, 6.45) is -5.80. The fourth-order valence-electron chi connectivity index (χ4n) is 2.81. The second kappa shape index (κ2) is 7.63. The van der Waals surface area contributed by atoms with Gasteiger partial charge < -0.3 is 10.1 Å². The smallest absolute Gasteiger partial charge is 0.409 e. The third-order valence-corrected chi connectivity index (χ3v) is 5.02. The third kappa shape index (κ3) is 4.16. The molecule has 0 saturated carbocycles. The first-order chi connectivity index (χ1) is 13.2. The Morgan fingerprint density at radius 2 is 1.96 bits per heavy atom. The van der Waals surface area contributed by atoms with Gasteiger partial charge in [0.1, 0.15) is 10.9 Å². The maximum atomic E-state index is 13.6. The number of nitrogens with one attached hydrogen (secondary N) is 1. The third-order valence-electron chi connectivity index (χ3n) is 4.04. The van der Waals surface area contributed by atoms with Crippen LogP contribution in [0.25, 0.3) is 0 Å². The number of hydrogen-bond acceptors (Lipinski definition) is 5. The average molecular weight is 412 g/mol. The Balaban J connectivity index is 1.87. The minimum atomic E-state index is -4.85. The molecule has 28 heavy (non-hydrogen) atoms. The molecule has 0 saturated heterocycles. The van der Waals surface area contributed by atoms with Gasteiger partial charge in [-0.1, -0.05) is 12.1 Å². The van der Waals surface area contributed by atoms with E-state index in [9.17, 15) is 27.6 Å². The molecule has 0 spiro atoms. The van der Waals surface area contributed by atoms with E-state index in [1.807, 2.05) is 0 Å². The number of ether oxygens (including phenoxy) is 1. The van der Waals surface area contributed by atoms with Crippen molar-refractivity contribution < 1.29 is 32.3 Å². The minimum Gasteiger partial charge on any atom is -0.451 e. The van der Waals surface area contributed by atoms with Gasteiger partial charge in [-0.3, -0.25) is 14.5 Å². The van der Waals surface area contributed by atoms with E-state index in [1.165, 1.54) is 30.3 Å². The van der Waals surface area contributed by atoms with Crippen LogP contribution in [0.1, 0.15) is 21.0 Å². The normalized spacial score (nSPS) is 16.8. The van der Waals surface area contributed by atoms with Crippen molar-refractivity contribution in [2.45, 2.75) is 25.6 Å². The second-order valence-corrected chi connectivity index (χ2v) is 7.36. The first kappa shape index (κ1) is 19.9. The fourth-order valence-corrected chi connectivity index (χ4v) is 3.57. The lowest BCUT2D eigenvalue weighted by atomic mass is 10.1. The largest absolute Gasteiger partial charge is 0.451 e. The number of carbonyl (C=O) groups excluding carboxylic acids is 3. The van der Waals surface area contributed by atoms with Crippen LogP contribution in [0.2, 0.25) is 0 Å². The topological polar surface area (TPSA) is 75.7 Å². The summed E-state index contributed by atoms with van der Waals surface area (Å²) in [4.78, 5) is 38.1. The van der Waals surface area contributed by atoms with Gasteiger partial charge >= 0.3 is 12.1 Å². The van der Waals surface area contributed by atoms with E-state index in [4.69, 9.17) is 4.74 Å². The van der Waals surface area contributed by atoms with Crippen LogP contribution in [0, 0.1) is 6.92 Å². The highest BCUT2D eigenvalue weighted by Gasteiger charge is 2.49. The van der Waals surface area contributed by atoms with E-state index in [0.717, 1.165) is 16.2 Å². The number of rotatable bonds is 3. The van der Waals surface area contributed by atoms with Crippen molar-refractivity contribution in [3.8, 4) is 0 Å². The highest BCUT2D eigenvalue weighted by molar-refractivity contribution is 7.13. The summed E-state index contributed by atoms with van der Waals surface area (Å²) in [5, 5.41) is 2.36. The van der Waals surface area contributed by atoms with Crippen molar-refractivity contribution in [2.24, 2.45) is 0 Å². The summed E-state index contributed by atoms with van der Waals surface area (Å²) in [6.45, 7) is 0.892. The number of amides is 2. The van der Waals surface area contributed by atoms with Crippen LogP contribution in [0.4, 0.5) is 24.5 Å². The standard InChI is InChI=1S/C18H15F3N2O4S/c1-10-6-7-13(28-10)17(26)27-9-16(25)23-12-5-3-2-4-11(12)22-15(24)8-14(23)18(19,20)21/h2-7,14H,8-9H2,1H3,(H,22,24). The van der Waals surface area contributed by atoms with Crippen LogP contribution < -0.4 is 10.2 Å². The summed E-state index contributed by atoms with van der Waals surface area (Å²) in [5.41, 5.74) is -0.0310. The molecule has 10 heteroatoms. The molecule has 6 nitrogen and oxygen atoms in total. The Morgan fingerprint density at radius 1 is 1.25 bits per heavy atom. The van der Waals surface area contributed by atoms with Crippen molar-refractivity contribution >= 4 is 40.5 Å². The predicted molar refractivity (Wildman–Crippen MR) is 96.4 cm³/mol. The van der Waals surface area contributed by atoms with E-state index in [1.54, 1.807) is 13.0 Å². The zero-order valence-electron chi connectivity index (χ0n) is 14.6. The average Bonchev–Trinajstić information content (AvgIpc) is 2.99. The highest BCUT2D eigenvalue weighted by atomic mass is 32.1.